The van der Waals surface area contributed by atoms with Crippen LogP contribution in [0, 0.1) is 4.91 Å². The molecule has 3 heteroatoms. The van der Waals surface area contributed by atoms with Crippen molar-refractivity contribution in [3.05, 3.63) is 16.7 Å². The number of rotatable bonds is 6. The summed E-state index contributed by atoms with van der Waals surface area (Å²) in [6.07, 6.45) is 4.51. The maximum atomic E-state index is 10.3. The summed E-state index contributed by atoms with van der Waals surface area (Å²) in [5, 5.41) is 6.08. The molecule has 0 aromatic heterocycles. The van der Waals surface area contributed by atoms with Gasteiger partial charge < -0.3 is 5.32 Å². The zero-order chi connectivity index (χ0) is 9.40. The van der Waals surface area contributed by atoms with Gasteiger partial charge in [0.1, 0.15) is 0 Å². The fraction of sp³-hybridized carbons (Fsp3) is 0.778. The summed E-state index contributed by atoms with van der Waals surface area (Å²) in [7, 11) is 1.92. The van der Waals surface area contributed by atoms with Crippen molar-refractivity contribution in [2.75, 3.05) is 7.05 Å². The van der Waals surface area contributed by atoms with E-state index in [0.717, 1.165) is 19.3 Å². The van der Waals surface area contributed by atoms with Crippen LogP contribution in [-0.2, 0) is 0 Å². The first-order valence-electron chi connectivity index (χ1n) is 4.44. The van der Waals surface area contributed by atoms with Crippen molar-refractivity contribution in [3.63, 3.8) is 0 Å². The Morgan fingerprint density at radius 2 is 2.33 bits per heavy atom. The monoisotopic (exact) mass is 170 g/mol. The molecule has 0 rings (SSSR count). The van der Waals surface area contributed by atoms with Gasteiger partial charge in [0.2, 0.25) is 0 Å². The SMILES string of the molecule is CC/C=C(\CCC(C)NC)N=O. The minimum absolute atomic E-state index is 0.451. The van der Waals surface area contributed by atoms with E-state index in [0.29, 0.717) is 11.7 Å². The van der Waals surface area contributed by atoms with E-state index >= 15 is 0 Å². The maximum Gasteiger partial charge on any atom is 0.0809 e. The molecule has 0 bridgehead atoms. The molecule has 0 aromatic carbocycles. The van der Waals surface area contributed by atoms with Gasteiger partial charge in [0.05, 0.1) is 5.70 Å². The first-order chi connectivity index (χ1) is 5.74. The molecular weight excluding hydrogens is 152 g/mol. The molecule has 0 aliphatic heterocycles. The van der Waals surface area contributed by atoms with Crippen LogP contribution in [0.4, 0.5) is 0 Å². The summed E-state index contributed by atoms with van der Waals surface area (Å²) in [5.74, 6) is 0. The molecule has 0 aliphatic carbocycles. The van der Waals surface area contributed by atoms with Crippen LogP contribution in [-0.4, -0.2) is 13.1 Å². The molecule has 3 nitrogen and oxygen atoms in total. The summed E-state index contributed by atoms with van der Waals surface area (Å²) < 4.78 is 0. The molecular formula is C9H18N2O. The lowest BCUT2D eigenvalue weighted by atomic mass is 10.1. The third-order valence-electron chi connectivity index (χ3n) is 1.88. The predicted molar refractivity (Wildman–Crippen MR) is 51.9 cm³/mol. The molecule has 0 saturated carbocycles. The Hall–Kier alpha value is -0.700. The van der Waals surface area contributed by atoms with Crippen molar-refractivity contribution < 1.29 is 0 Å². The third kappa shape index (κ3) is 5.02. The fourth-order valence-electron chi connectivity index (χ4n) is 0.929. The molecule has 0 heterocycles. The van der Waals surface area contributed by atoms with Crippen molar-refractivity contribution in [2.45, 2.75) is 39.2 Å². The highest BCUT2D eigenvalue weighted by atomic mass is 16.3. The van der Waals surface area contributed by atoms with E-state index in [2.05, 4.69) is 17.4 Å². The van der Waals surface area contributed by atoms with Crippen molar-refractivity contribution in [1.82, 2.24) is 5.32 Å². The van der Waals surface area contributed by atoms with Crippen LogP contribution in [0.3, 0.4) is 0 Å². The average molecular weight is 170 g/mol. The van der Waals surface area contributed by atoms with Gasteiger partial charge >= 0.3 is 0 Å². The van der Waals surface area contributed by atoms with E-state index in [-0.39, 0.29) is 0 Å². The molecule has 0 aromatic rings. The summed E-state index contributed by atoms with van der Waals surface area (Å²) in [6.45, 7) is 4.10. The molecule has 1 N–H and O–H groups in total. The minimum atomic E-state index is 0.451. The molecule has 0 fully saturated rings. The number of nitrogens with zero attached hydrogens (tertiary/aromatic N) is 1. The average Bonchev–Trinajstić information content (AvgIpc) is 2.11. The smallest absolute Gasteiger partial charge is 0.0809 e. The van der Waals surface area contributed by atoms with Crippen LogP contribution < -0.4 is 5.32 Å². The fourth-order valence-corrected chi connectivity index (χ4v) is 0.929. The quantitative estimate of drug-likeness (QED) is 0.622. The van der Waals surface area contributed by atoms with Crippen LogP contribution in [0.25, 0.3) is 0 Å². The van der Waals surface area contributed by atoms with Gasteiger partial charge in [-0.1, -0.05) is 13.0 Å². The van der Waals surface area contributed by atoms with Gasteiger partial charge in [0.25, 0.3) is 0 Å². The van der Waals surface area contributed by atoms with Crippen molar-refractivity contribution in [1.29, 1.82) is 0 Å². The van der Waals surface area contributed by atoms with Crippen molar-refractivity contribution in [3.8, 4) is 0 Å². The standard InChI is InChI=1S/C9H18N2O/c1-4-5-9(11-12)7-6-8(2)10-3/h5,8,10H,4,6-7H2,1-3H3/b9-5+. The Balaban J connectivity index is 3.72. The largest absolute Gasteiger partial charge is 0.317 e. The van der Waals surface area contributed by atoms with Crippen LogP contribution in [0.2, 0.25) is 0 Å². The van der Waals surface area contributed by atoms with Crippen LogP contribution in [0.5, 0.6) is 0 Å². The minimum Gasteiger partial charge on any atom is -0.317 e. The Kier molecular flexibility index (Phi) is 6.57. The van der Waals surface area contributed by atoms with Gasteiger partial charge in [0.15, 0.2) is 0 Å². The highest BCUT2D eigenvalue weighted by molar-refractivity contribution is 4.99. The molecule has 1 atom stereocenters. The van der Waals surface area contributed by atoms with E-state index in [4.69, 9.17) is 0 Å². The molecule has 0 radical (unpaired) electrons. The lowest BCUT2D eigenvalue weighted by Gasteiger charge is -2.07. The zero-order valence-electron chi connectivity index (χ0n) is 8.13. The number of hydrogen-bond acceptors (Lipinski definition) is 3. The number of nitroso groups, excluding NO2 is 1. The first-order valence-corrected chi connectivity index (χ1v) is 4.44. The summed E-state index contributed by atoms with van der Waals surface area (Å²) >= 11 is 0. The van der Waals surface area contributed by atoms with Crippen LogP contribution in [0.15, 0.2) is 16.9 Å². The first kappa shape index (κ1) is 11.3. The van der Waals surface area contributed by atoms with Gasteiger partial charge in [-0.25, -0.2) is 0 Å². The topological polar surface area (TPSA) is 41.5 Å². The summed E-state index contributed by atoms with van der Waals surface area (Å²) in [6, 6.07) is 0.451. The molecule has 12 heavy (non-hydrogen) atoms. The summed E-state index contributed by atoms with van der Waals surface area (Å²) in [5.41, 5.74) is 0.680. The second-order valence-electron chi connectivity index (χ2n) is 2.92. The van der Waals surface area contributed by atoms with E-state index < -0.39 is 0 Å². The van der Waals surface area contributed by atoms with Gasteiger partial charge in [-0.15, -0.1) is 4.91 Å². The molecule has 1 unspecified atom stereocenters. The second-order valence-corrected chi connectivity index (χ2v) is 2.92. The number of allylic oxidation sites excluding steroid dienone is 2. The summed E-state index contributed by atoms with van der Waals surface area (Å²) in [4.78, 5) is 10.3. The number of nitrogens with one attached hydrogen (secondary N) is 1. The zero-order valence-corrected chi connectivity index (χ0v) is 8.13. The molecule has 0 spiro atoms. The van der Waals surface area contributed by atoms with Gasteiger partial charge in [-0.05, 0) is 38.4 Å². The highest BCUT2D eigenvalue weighted by Crippen LogP contribution is 2.09. The molecule has 70 valence electrons. The van der Waals surface area contributed by atoms with Crippen molar-refractivity contribution >= 4 is 0 Å². The Labute approximate surface area is 74.2 Å². The Morgan fingerprint density at radius 3 is 2.75 bits per heavy atom. The second kappa shape index (κ2) is 6.98. The normalized spacial score (nSPS) is 14.4. The lowest BCUT2D eigenvalue weighted by molar-refractivity contribution is 0.562. The third-order valence-corrected chi connectivity index (χ3v) is 1.88. The maximum absolute atomic E-state index is 10.3. The van der Waals surface area contributed by atoms with Gasteiger partial charge in [-0.3, -0.25) is 0 Å². The van der Waals surface area contributed by atoms with E-state index in [1.165, 1.54) is 0 Å². The van der Waals surface area contributed by atoms with Gasteiger partial charge in [0, 0.05) is 6.04 Å². The highest BCUT2D eigenvalue weighted by Gasteiger charge is 2.01. The van der Waals surface area contributed by atoms with E-state index in [1.807, 2.05) is 20.0 Å². The van der Waals surface area contributed by atoms with Crippen LogP contribution >= 0.6 is 0 Å². The lowest BCUT2D eigenvalue weighted by Crippen LogP contribution is -2.20. The van der Waals surface area contributed by atoms with Crippen molar-refractivity contribution in [2.24, 2.45) is 5.18 Å². The Morgan fingerprint density at radius 1 is 1.67 bits per heavy atom. The Bertz CT molecular complexity index is 155. The van der Waals surface area contributed by atoms with Gasteiger partial charge in [-0.2, -0.15) is 0 Å². The predicted octanol–water partition coefficient (Wildman–Crippen LogP) is 2.43. The number of hydrogen-bond donors (Lipinski definition) is 1. The molecule has 0 amide bonds. The molecule has 0 aliphatic rings. The molecule has 0 saturated heterocycles. The van der Waals surface area contributed by atoms with Crippen LogP contribution in [0.1, 0.15) is 33.1 Å². The van der Waals surface area contributed by atoms with E-state index in [9.17, 15) is 4.91 Å². The van der Waals surface area contributed by atoms with E-state index in [1.54, 1.807) is 0 Å².